The van der Waals surface area contributed by atoms with Gasteiger partial charge in [-0.2, -0.15) is 5.26 Å². The van der Waals surface area contributed by atoms with E-state index >= 15 is 0 Å². The van der Waals surface area contributed by atoms with Crippen LogP contribution in [0.5, 0.6) is 11.5 Å². The number of aromatic nitrogens is 1. The third-order valence-corrected chi connectivity index (χ3v) is 10.3. The van der Waals surface area contributed by atoms with Crippen molar-refractivity contribution >= 4 is 23.5 Å². The molecule has 0 fully saturated rings. The summed E-state index contributed by atoms with van der Waals surface area (Å²) in [4.78, 5) is 26.2. The van der Waals surface area contributed by atoms with Gasteiger partial charge in [-0.1, -0.05) is 66.2 Å². The van der Waals surface area contributed by atoms with E-state index in [4.69, 9.17) is 31.3 Å². The van der Waals surface area contributed by atoms with Gasteiger partial charge in [-0.3, -0.25) is 14.6 Å². The lowest BCUT2D eigenvalue weighted by molar-refractivity contribution is -0.139. The molecule has 5 aromatic rings. The Balaban J connectivity index is 1.20. The lowest BCUT2D eigenvalue weighted by Gasteiger charge is -2.19. The average molecular weight is 775 g/mol. The molecular formula is C44H43ClN4O7. The van der Waals surface area contributed by atoms with Crippen LogP contribution in [0.25, 0.3) is 22.3 Å². The van der Waals surface area contributed by atoms with Crippen LogP contribution in [0, 0.1) is 25.2 Å². The standard InChI is InChI=1S/C44H43ClN4O7/c1-26-32(5-3-7-38(26)39-8-4-6-37(27(39)2)31-10-9-30-13-35(14-33(30)12-31)49-23-44(53)54)25-56-42-17-41(55-24-29-11-28(18-46)19-47-20-29)34(15-40(42)45)21-48-22-36(50)16-43(51)52/h3-12,15,17,19-20,35-36,48-50H,13-14,16,21-25H2,1-2H3,(H,51,52)(H,53,54)/t35?,36-/m0/s1. The third-order valence-electron chi connectivity index (χ3n) is 9.98. The Kier molecular flexibility index (Phi) is 13.0. The Morgan fingerprint density at radius 2 is 1.61 bits per heavy atom. The van der Waals surface area contributed by atoms with Crippen LogP contribution >= 0.6 is 11.6 Å². The largest absolute Gasteiger partial charge is 0.488 e. The van der Waals surface area contributed by atoms with Crippen molar-refractivity contribution < 1.29 is 34.4 Å². The first kappa shape index (κ1) is 39.9. The molecule has 0 amide bonds. The average Bonchev–Trinajstić information content (AvgIpc) is 3.59. The van der Waals surface area contributed by atoms with E-state index in [9.17, 15) is 20.0 Å². The molecule has 0 bridgehead atoms. The summed E-state index contributed by atoms with van der Waals surface area (Å²) < 4.78 is 12.5. The molecule has 0 spiro atoms. The lowest BCUT2D eigenvalue weighted by atomic mass is 9.89. The van der Waals surface area contributed by atoms with Crippen molar-refractivity contribution in [1.29, 1.82) is 5.26 Å². The maximum Gasteiger partial charge on any atom is 0.317 e. The molecule has 56 heavy (non-hydrogen) atoms. The van der Waals surface area contributed by atoms with Crippen molar-refractivity contribution in [2.24, 2.45) is 0 Å². The van der Waals surface area contributed by atoms with Crippen LogP contribution in [0.2, 0.25) is 5.02 Å². The Morgan fingerprint density at radius 1 is 0.875 bits per heavy atom. The number of nitrogens with one attached hydrogen (secondary N) is 2. The van der Waals surface area contributed by atoms with Gasteiger partial charge in [0.15, 0.2) is 0 Å². The number of nitriles is 1. The van der Waals surface area contributed by atoms with E-state index in [1.807, 2.05) is 12.1 Å². The van der Waals surface area contributed by atoms with Gasteiger partial charge in [0.2, 0.25) is 0 Å². The SMILES string of the molecule is Cc1c(COc2cc(OCc3cncc(C#N)c3)c(CNC[C@@H](O)CC(=O)O)cc2Cl)cccc1-c1cccc(-c2ccc3c(c2)CC(NCC(=O)O)C3)c1C. The molecule has 0 saturated carbocycles. The predicted octanol–water partition coefficient (Wildman–Crippen LogP) is 6.78. The van der Waals surface area contributed by atoms with Crippen LogP contribution in [0.3, 0.4) is 0 Å². The van der Waals surface area contributed by atoms with Crippen LogP contribution in [-0.2, 0) is 42.2 Å². The van der Waals surface area contributed by atoms with Crippen molar-refractivity contribution in [1.82, 2.24) is 15.6 Å². The molecular weight excluding hydrogens is 732 g/mol. The molecule has 1 aliphatic rings. The first-order valence-corrected chi connectivity index (χ1v) is 18.6. The van der Waals surface area contributed by atoms with Gasteiger partial charge in [-0.25, -0.2) is 0 Å². The highest BCUT2D eigenvalue weighted by atomic mass is 35.5. The summed E-state index contributed by atoms with van der Waals surface area (Å²) >= 11 is 6.76. The second kappa shape index (κ2) is 18.2. The number of aliphatic hydroxyl groups is 1. The molecule has 1 heterocycles. The summed E-state index contributed by atoms with van der Waals surface area (Å²) in [5.74, 6) is -1.08. The van der Waals surface area contributed by atoms with Crippen molar-refractivity contribution in [2.45, 2.75) is 65.0 Å². The zero-order chi connectivity index (χ0) is 39.8. The molecule has 0 aliphatic heterocycles. The summed E-state index contributed by atoms with van der Waals surface area (Å²) in [5, 5.41) is 44.0. The maximum atomic E-state index is 11.1. The minimum absolute atomic E-state index is 0.0493. The number of carboxylic acids is 2. The molecule has 1 aromatic heterocycles. The quantitative estimate of drug-likeness (QED) is 0.0674. The highest BCUT2D eigenvalue weighted by molar-refractivity contribution is 6.32. The number of aliphatic hydroxyl groups excluding tert-OH is 1. The number of rotatable bonds is 17. The number of benzene rings is 4. The van der Waals surface area contributed by atoms with Crippen LogP contribution in [0.1, 0.15) is 50.9 Å². The highest BCUT2D eigenvalue weighted by Gasteiger charge is 2.23. The number of ether oxygens (including phenoxy) is 2. The van der Waals surface area contributed by atoms with Gasteiger partial charge in [-0.15, -0.1) is 0 Å². The minimum Gasteiger partial charge on any atom is -0.488 e. The van der Waals surface area contributed by atoms with E-state index in [-0.39, 0.29) is 45.3 Å². The van der Waals surface area contributed by atoms with Crippen LogP contribution in [0.4, 0.5) is 0 Å². The molecule has 4 aromatic carbocycles. The number of hydrogen-bond donors (Lipinski definition) is 5. The van der Waals surface area contributed by atoms with E-state index in [1.165, 1.54) is 17.3 Å². The van der Waals surface area contributed by atoms with Gasteiger partial charge in [0.1, 0.15) is 30.8 Å². The summed E-state index contributed by atoms with van der Waals surface area (Å²) in [7, 11) is 0. The summed E-state index contributed by atoms with van der Waals surface area (Å²) in [6.45, 7) is 4.79. The van der Waals surface area contributed by atoms with E-state index in [0.29, 0.717) is 33.2 Å². The molecule has 1 aliphatic carbocycles. The van der Waals surface area contributed by atoms with Gasteiger partial charge in [0.05, 0.1) is 29.7 Å². The van der Waals surface area contributed by atoms with Gasteiger partial charge >= 0.3 is 11.9 Å². The second-order valence-electron chi connectivity index (χ2n) is 14.0. The van der Waals surface area contributed by atoms with Gasteiger partial charge < -0.3 is 35.4 Å². The molecule has 11 nitrogen and oxygen atoms in total. The zero-order valence-corrected chi connectivity index (χ0v) is 31.9. The molecule has 1 unspecified atom stereocenters. The third kappa shape index (κ3) is 9.90. The summed E-state index contributed by atoms with van der Waals surface area (Å²) in [5.41, 5.74) is 11.9. The Hall–Kier alpha value is -5.77. The van der Waals surface area contributed by atoms with E-state index in [2.05, 4.69) is 78.0 Å². The summed E-state index contributed by atoms with van der Waals surface area (Å²) in [6.07, 6.45) is 3.24. The lowest BCUT2D eigenvalue weighted by Crippen LogP contribution is -2.33. The second-order valence-corrected chi connectivity index (χ2v) is 14.4. The van der Waals surface area contributed by atoms with E-state index in [1.54, 1.807) is 24.4 Å². The first-order chi connectivity index (χ1) is 27.0. The number of hydrogen-bond acceptors (Lipinski definition) is 9. The van der Waals surface area contributed by atoms with Crippen LogP contribution < -0.4 is 20.1 Å². The number of carbonyl (C=O) groups is 2. The number of carboxylic acid groups (broad SMARTS) is 2. The fourth-order valence-electron chi connectivity index (χ4n) is 7.08. The van der Waals surface area contributed by atoms with Gasteiger partial charge in [0, 0.05) is 48.7 Å². The fraction of sp³-hybridized carbons (Fsp3) is 0.273. The van der Waals surface area contributed by atoms with Crippen molar-refractivity contribution in [3.8, 4) is 39.8 Å². The molecule has 6 rings (SSSR count). The summed E-state index contributed by atoms with van der Waals surface area (Å²) in [6, 6.07) is 26.3. The van der Waals surface area contributed by atoms with Crippen molar-refractivity contribution in [2.75, 3.05) is 13.1 Å². The number of nitrogens with zero attached hydrogens (tertiary/aromatic N) is 2. The van der Waals surface area contributed by atoms with Gasteiger partial charge in [-0.05, 0) is 88.9 Å². The predicted molar refractivity (Wildman–Crippen MR) is 213 cm³/mol. The molecule has 5 N–H and O–H groups in total. The zero-order valence-electron chi connectivity index (χ0n) is 31.1. The van der Waals surface area contributed by atoms with E-state index < -0.39 is 18.0 Å². The first-order valence-electron chi connectivity index (χ1n) is 18.3. The van der Waals surface area contributed by atoms with Crippen molar-refractivity contribution in [3.63, 3.8) is 0 Å². The smallest absolute Gasteiger partial charge is 0.317 e. The minimum atomic E-state index is -1.09. The number of aliphatic carboxylic acids is 2. The Labute approximate surface area is 330 Å². The number of pyridine rings is 1. The topological polar surface area (TPSA) is 174 Å². The monoisotopic (exact) mass is 774 g/mol. The molecule has 12 heteroatoms. The fourth-order valence-corrected chi connectivity index (χ4v) is 7.32. The maximum absolute atomic E-state index is 11.1. The number of halogens is 1. The Morgan fingerprint density at radius 3 is 2.38 bits per heavy atom. The van der Waals surface area contributed by atoms with Gasteiger partial charge in [0.25, 0.3) is 0 Å². The molecule has 0 radical (unpaired) electrons. The molecule has 288 valence electrons. The number of fused-ring (bicyclic) bond motifs is 1. The van der Waals surface area contributed by atoms with Crippen molar-refractivity contribution in [3.05, 3.63) is 135 Å². The van der Waals surface area contributed by atoms with Crippen LogP contribution in [0.15, 0.2) is 85.2 Å². The van der Waals surface area contributed by atoms with Crippen LogP contribution in [-0.4, -0.2) is 57.5 Å². The molecule has 2 atom stereocenters. The highest BCUT2D eigenvalue weighted by Crippen LogP contribution is 2.38. The molecule has 0 saturated heterocycles. The normalized spacial score (nSPS) is 13.8. The van der Waals surface area contributed by atoms with E-state index in [0.717, 1.165) is 51.8 Å². The Bertz CT molecular complexity index is 2290.